The van der Waals surface area contributed by atoms with E-state index in [0.29, 0.717) is 5.56 Å². The summed E-state index contributed by atoms with van der Waals surface area (Å²) in [7, 11) is 0. The van der Waals surface area contributed by atoms with Crippen LogP contribution in [0.5, 0.6) is 0 Å². The van der Waals surface area contributed by atoms with E-state index in [1.165, 1.54) is 24.3 Å². The summed E-state index contributed by atoms with van der Waals surface area (Å²) < 4.78 is 12.6. The number of aliphatic hydroxyl groups is 1. The van der Waals surface area contributed by atoms with Gasteiger partial charge in [-0.15, -0.1) is 0 Å². The Bertz CT molecular complexity index is 339. The van der Waals surface area contributed by atoms with Crippen molar-refractivity contribution >= 4 is 5.97 Å². The minimum Gasteiger partial charge on any atom is -0.481 e. The zero-order valence-corrected chi connectivity index (χ0v) is 7.93. The van der Waals surface area contributed by atoms with Gasteiger partial charge in [0.2, 0.25) is 0 Å². The van der Waals surface area contributed by atoms with Gasteiger partial charge in [-0.25, -0.2) is 4.39 Å². The van der Waals surface area contributed by atoms with Crippen molar-refractivity contribution in [3.05, 3.63) is 35.6 Å². The Balaban J connectivity index is 2.71. The highest BCUT2D eigenvalue weighted by molar-refractivity contribution is 5.67. The summed E-state index contributed by atoms with van der Waals surface area (Å²) in [6.07, 6.45) is -1.43. The minimum absolute atomic E-state index is 0.335. The molecule has 0 aliphatic heterocycles. The van der Waals surface area contributed by atoms with E-state index < -0.39 is 23.9 Å². The van der Waals surface area contributed by atoms with E-state index in [2.05, 4.69) is 0 Å². The van der Waals surface area contributed by atoms with E-state index in [1.807, 2.05) is 0 Å². The van der Waals surface area contributed by atoms with Gasteiger partial charge in [-0.1, -0.05) is 12.1 Å². The lowest BCUT2D eigenvalue weighted by molar-refractivity contribution is -0.138. The van der Waals surface area contributed by atoms with Crippen molar-refractivity contribution in [2.45, 2.75) is 18.6 Å². The van der Waals surface area contributed by atoms with Gasteiger partial charge in [0.05, 0.1) is 12.5 Å². The topological polar surface area (TPSA) is 83.6 Å². The minimum atomic E-state index is -1.10. The Morgan fingerprint density at radius 2 is 1.93 bits per heavy atom. The molecule has 2 unspecified atom stereocenters. The Labute approximate surface area is 86.1 Å². The average molecular weight is 213 g/mol. The van der Waals surface area contributed by atoms with Crippen LogP contribution in [-0.4, -0.2) is 22.2 Å². The molecule has 4 N–H and O–H groups in total. The van der Waals surface area contributed by atoms with Crippen LogP contribution < -0.4 is 5.73 Å². The van der Waals surface area contributed by atoms with Crippen molar-refractivity contribution in [1.82, 2.24) is 0 Å². The van der Waals surface area contributed by atoms with Crippen LogP contribution in [0.3, 0.4) is 0 Å². The third-order valence-corrected chi connectivity index (χ3v) is 2.03. The van der Waals surface area contributed by atoms with Gasteiger partial charge in [0.25, 0.3) is 0 Å². The molecule has 0 fully saturated rings. The number of carboxylic acids is 1. The fourth-order valence-corrected chi connectivity index (χ4v) is 1.22. The molecule has 15 heavy (non-hydrogen) atoms. The Morgan fingerprint density at radius 3 is 2.40 bits per heavy atom. The maximum Gasteiger partial charge on any atom is 0.305 e. The lowest BCUT2D eigenvalue weighted by Crippen LogP contribution is -2.30. The van der Waals surface area contributed by atoms with Crippen molar-refractivity contribution in [1.29, 1.82) is 0 Å². The first-order chi connectivity index (χ1) is 7.00. The molecule has 0 radical (unpaired) electrons. The van der Waals surface area contributed by atoms with Crippen LogP contribution in [0.25, 0.3) is 0 Å². The molecule has 0 heterocycles. The normalized spacial score (nSPS) is 14.6. The first-order valence-electron chi connectivity index (χ1n) is 4.41. The fraction of sp³-hybridized carbons (Fsp3) is 0.300. The quantitative estimate of drug-likeness (QED) is 0.686. The van der Waals surface area contributed by atoms with Crippen molar-refractivity contribution in [3.8, 4) is 0 Å². The van der Waals surface area contributed by atoms with Gasteiger partial charge in [0.1, 0.15) is 5.82 Å². The second kappa shape index (κ2) is 4.86. The van der Waals surface area contributed by atoms with Gasteiger partial charge in [0.15, 0.2) is 0 Å². The molecular formula is C10H12FNO3. The first-order valence-corrected chi connectivity index (χ1v) is 4.41. The summed E-state index contributed by atoms with van der Waals surface area (Å²) in [4.78, 5) is 10.3. The second-order valence-corrected chi connectivity index (χ2v) is 3.26. The Hall–Kier alpha value is -1.46. The Morgan fingerprint density at radius 1 is 1.40 bits per heavy atom. The maximum atomic E-state index is 12.6. The molecule has 0 aliphatic rings. The number of hydrogen-bond donors (Lipinski definition) is 3. The van der Waals surface area contributed by atoms with Gasteiger partial charge >= 0.3 is 5.97 Å². The summed E-state index contributed by atoms with van der Waals surface area (Å²) in [5.74, 6) is -1.50. The number of carboxylic acid groups (broad SMARTS) is 1. The fourth-order valence-electron chi connectivity index (χ4n) is 1.22. The SMILES string of the molecule is NC(CC(=O)O)C(O)c1ccc(F)cc1. The molecule has 1 rings (SSSR count). The zero-order valence-electron chi connectivity index (χ0n) is 7.93. The monoisotopic (exact) mass is 213 g/mol. The molecule has 1 aromatic carbocycles. The summed E-state index contributed by atoms with van der Waals surface area (Å²) >= 11 is 0. The first kappa shape index (κ1) is 11.6. The number of aliphatic carboxylic acids is 1. The van der Waals surface area contributed by atoms with Crippen LogP contribution in [0.2, 0.25) is 0 Å². The molecule has 0 aliphatic carbocycles. The van der Waals surface area contributed by atoms with E-state index in [1.54, 1.807) is 0 Å². The third-order valence-electron chi connectivity index (χ3n) is 2.03. The van der Waals surface area contributed by atoms with E-state index in [-0.39, 0.29) is 6.42 Å². The van der Waals surface area contributed by atoms with Gasteiger partial charge in [-0.3, -0.25) is 4.79 Å². The van der Waals surface area contributed by atoms with Crippen LogP contribution in [0, 0.1) is 5.82 Å². The predicted molar refractivity (Wildman–Crippen MR) is 51.6 cm³/mol. The van der Waals surface area contributed by atoms with Gasteiger partial charge in [0, 0.05) is 6.04 Å². The number of rotatable bonds is 4. The van der Waals surface area contributed by atoms with Gasteiger partial charge < -0.3 is 15.9 Å². The molecule has 1 aromatic rings. The molecule has 0 amide bonds. The highest BCUT2D eigenvalue weighted by atomic mass is 19.1. The third kappa shape index (κ3) is 3.30. The van der Waals surface area contributed by atoms with E-state index in [0.717, 1.165) is 0 Å². The molecular weight excluding hydrogens is 201 g/mol. The number of aliphatic hydroxyl groups excluding tert-OH is 1. The van der Waals surface area contributed by atoms with Crippen LogP contribution in [0.15, 0.2) is 24.3 Å². The van der Waals surface area contributed by atoms with E-state index in [4.69, 9.17) is 10.8 Å². The summed E-state index contributed by atoms with van der Waals surface area (Å²) in [5, 5.41) is 18.1. The molecule has 4 nitrogen and oxygen atoms in total. The molecule has 0 spiro atoms. The molecule has 0 saturated carbocycles. The van der Waals surface area contributed by atoms with Crippen molar-refractivity contribution in [2.75, 3.05) is 0 Å². The molecule has 82 valence electrons. The molecule has 0 bridgehead atoms. The summed E-state index contributed by atoms with van der Waals surface area (Å²) in [6.45, 7) is 0. The number of hydrogen-bond acceptors (Lipinski definition) is 3. The number of carbonyl (C=O) groups is 1. The standard InChI is InChI=1S/C10H12FNO3/c11-7-3-1-6(2-4-7)10(15)8(12)5-9(13)14/h1-4,8,10,15H,5,12H2,(H,13,14). The van der Waals surface area contributed by atoms with Crippen molar-refractivity contribution in [3.63, 3.8) is 0 Å². The number of nitrogens with two attached hydrogens (primary N) is 1. The van der Waals surface area contributed by atoms with Crippen molar-refractivity contribution in [2.24, 2.45) is 5.73 Å². The zero-order chi connectivity index (χ0) is 11.4. The van der Waals surface area contributed by atoms with E-state index >= 15 is 0 Å². The van der Waals surface area contributed by atoms with Gasteiger partial charge in [-0.05, 0) is 17.7 Å². The summed E-state index contributed by atoms with van der Waals surface area (Å²) in [5.41, 5.74) is 5.87. The van der Waals surface area contributed by atoms with Crippen LogP contribution in [0.4, 0.5) is 4.39 Å². The largest absolute Gasteiger partial charge is 0.481 e. The number of benzene rings is 1. The van der Waals surface area contributed by atoms with Crippen molar-refractivity contribution < 1.29 is 19.4 Å². The molecule has 0 saturated heterocycles. The van der Waals surface area contributed by atoms with Gasteiger partial charge in [-0.2, -0.15) is 0 Å². The average Bonchev–Trinajstić information content (AvgIpc) is 2.17. The van der Waals surface area contributed by atoms with E-state index in [9.17, 15) is 14.3 Å². The lowest BCUT2D eigenvalue weighted by atomic mass is 10.0. The number of halogens is 1. The maximum absolute atomic E-state index is 12.6. The molecule has 5 heteroatoms. The lowest BCUT2D eigenvalue weighted by Gasteiger charge is -2.17. The second-order valence-electron chi connectivity index (χ2n) is 3.26. The summed E-state index contributed by atoms with van der Waals surface area (Å²) in [6, 6.07) is 4.23. The smallest absolute Gasteiger partial charge is 0.305 e. The highest BCUT2D eigenvalue weighted by Crippen LogP contribution is 2.17. The molecule has 0 aromatic heterocycles. The molecule has 2 atom stereocenters. The highest BCUT2D eigenvalue weighted by Gasteiger charge is 2.19. The predicted octanol–water partition coefficient (Wildman–Crippen LogP) is 0.661. The Kier molecular flexibility index (Phi) is 3.76. The van der Waals surface area contributed by atoms with Crippen LogP contribution in [0.1, 0.15) is 18.1 Å². The van der Waals surface area contributed by atoms with Crippen LogP contribution >= 0.6 is 0 Å². The van der Waals surface area contributed by atoms with Crippen LogP contribution in [-0.2, 0) is 4.79 Å².